The lowest BCUT2D eigenvalue weighted by molar-refractivity contribution is 0.197. The zero-order chi connectivity index (χ0) is 14.3. The molecule has 2 N–H and O–H groups in total. The van der Waals surface area contributed by atoms with Gasteiger partial charge in [0.25, 0.3) is 0 Å². The van der Waals surface area contributed by atoms with Gasteiger partial charge in [-0.3, -0.25) is 0 Å². The molecule has 0 atom stereocenters. The van der Waals surface area contributed by atoms with Gasteiger partial charge in [-0.1, -0.05) is 19.1 Å². The monoisotopic (exact) mass is 263 g/mol. The summed E-state index contributed by atoms with van der Waals surface area (Å²) in [7, 11) is 1.80. The first kappa shape index (κ1) is 15.3. The minimum atomic E-state index is -0.0387. The molecule has 0 saturated heterocycles. The highest BCUT2D eigenvalue weighted by Gasteiger charge is 2.10. The third-order valence-electron chi connectivity index (χ3n) is 3.07. The average Bonchev–Trinajstić information content (AvgIpc) is 2.42. The van der Waals surface area contributed by atoms with Gasteiger partial charge in [0, 0.05) is 31.9 Å². The standard InChI is InChI=1S/C15H25N3O/c1-5-10-16-14-8-6-13(7-9-14)11-17-15(19)18(4)12(2)3/h6-9,12,16H,5,10-11H2,1-4H3,(H,17,19). The van der Waals surface area contributed by atoms with Crippen molar-refractivity contribution in [2.75, 3.05) is 18.9 Å². The molecule has 0 aromatic heterocycles. The van der Waals surface area contributed by atoms with Crippen LogP contribution in [0.3, 0.4) is 0 Å². The van der Waals surface area contributed by atoms with Crippen molar-refractivity contribution in [2.24, 2.45) is 0 Å². The molecule has 0 aliphatic carbocycles. The third-order valence-corrected chi connectivity index (χ3v) is 3.07. The first-order valence-electron chi connectivity index (χ1n) is 6.88. The van der Waals surface area contributed by atoms with Crippen molar-refractivity contribution in [2.45, 2.75) is 39.8 Å². The highest BCUT2D eigenvalue weighted by molar-refractivity contribution is 5.74. The molecule has 0 heterocycles. The van der Waals surface area contributed by atoms with Crippen LogP contribution in [0, 0.1) is 0 Å². The SMILES string of the molecule is CCCNc1ccc(CNC(=O)N(C)C(C)C)cc1. The Labute approximate surface area is 116 Å². The number of carbonyl (C=O) groups is 1. The predicted molar refractivity (Wildman–Crippen MR) is 80.4 cm³/mol. The molecule has 0 bridgehead atoms. The summed E-state index contributed by atoms with van der Waals surface area (Å²) in [5, 5.41) is 6.23. The second-order valence-electron chi connectivity index (χ2n) is 4.99. The summed E-state index contributed by atoms with van der Waals surface area (Å²) >= 11 is 0. The first-order valence-corrected chi connectivity index (χ1v) is 6.88. The lowest BCUT2D eigenvalue weighted by Crippen LogP contribution is -2.40. The van der Waals surface area contributed by atoms with Gasteiger partial charge in [-0.2, -0.15) is 0 Å². The molecule has 2 amide bonds. The molecule has 0 saturated carbocycles. The molecule has 0 aliphatic rings. The Bertz CT molecular complexity index is 387. The Balaban J connectivity index is 2.43. The molecule has 0 radical (unpaired) electrons. The van der Waals surface area contributed by atoms with Crippen LogP contribution in [0.25, 0.3) is 0 Å². The van der Waals surface area contributed by atoms with Gasteiger partial charge in [0.2, 0.25) is 0 Å². The molecule has 4 heteroatoms. The van der Waals surface area contributed by atoms with Gasteiger partial charge >= 0.3 is 6.03 Å². The first-order chi connectivity index (χ1) is 9.04. The molecule has 1 rings (SSSR count). The van der Waals surface area contributed by atoms with E-state index in [9.17, 15) is 4.79 Å². The molecule has 1 aromatic rings. The summed E-state index contributed by atoms with van der Waals surface area (Å²) < 4.78 is 0. The van der Waals surface area contributed by atoms with Crippen LogP contribution >= 0.6 is 0 Å². The van der Waals surface area contributed by atoms with Crippen molar-refractivity contribution in [1.29, 1.82) is 0 Å². The summed E-state index contributed by atoms with van der Waals surface area (Å²) in [6.45, 7) is 7.67. The van der Waals surface area contributed by atoms with Crippen LogP contribution in [0.15, 0.2) is 24.3 Å². The van der Waals surface area contributed by atoms with E-state index in [4.69, 9.17) is 0 Å². The van der Waals surface area contributed by atoms with Crippen molar-refractivity contribution in [1.82, 2.24) is 10.2 Å². The van der Waals surface area contributed by atoms with E-state index in [0.717, 1.165) is 24.2 Å². The van der Waals surface area contributed by atoms with Crippen LogP contribution in [0.5, 0.6) is 0 Å². The van der Waals surface area contributed by atoms with Gasteiger partial charge in [-0.05, 0) is 38.0 Å². The highest BCUT2D eigenvalue weighted by Crippen LogP contribution is 2.09. The maximum atomic E-state index is 11.8. The Morgan fingerprint density at radius 1 is 1.26 bits per heavy atom. The van der Waals surface area contributed by atoms with E-state index in [1.54, 1.807) is 11.9 Å². The lowest BCUT2D eigenvalue weighted by atomic mass is 10.2. The van der Waals surface area contributed by atoms with Gasteiger partial charge < -0.3 is 15.5 Å². The minimum Gasteiger partial charge on any atom is -0.385 e. The smallest absolute Gasteiger partial charge is 0.317 e. The topological polar surface area (TPSA) is 44.4 Å². The maximum absolute atomic E-state index is 11.8. The number of nitrogens with zero attached hydrogens (tertiary/aromatic N) is 1. The summed E-state index contributed by atoms with van der Waals surface area (Å²) in [4.78, 5) is 13.5. The van der Waals surface area contributed by atoms with Crippen LogP contribution in [0.1, 0.15) is 32.8 Å². The number of rotatable bonds is 6. The van der Waals surface area contributed by atoms with Gasteiger partial charge in [-0.15, -0.1) is 0 Å². The Kier molecular flexibility index (Phi) is 6.19. The maximum Gasteiger partial charge on any atom is 0.317 e. The zero-order valence-electron chi connectivity index (χ0n) is 12.4. The normalized spacial score (nSPS) is 10.4. The summed E-state index contributed by atoms with van der Waals surface area (Å²) in [6, 6.07) is 8.33. The van der Waals surface area contributed by atoms with E-state index in [2.05, 4.69) is 17.6 Å². The molecular formula is C15H25N3O. The van der Waals surface area contributed by atoms with Crippen LogP contribution in [-0.2, 0) is 6.54 Å². The van der Waals surface area contributed by atoms with E-state index >= 15 is 0 Å². The summed E-state index contributed by atoms with van der Waals surface area (Å²) in [6.07, 6.45) is 1.11. The second-order valence-corrected chi connectivity index (χ2v) is 4.99. The predicted octanol–water partition coefficient (Wildman–Crippen LogP) is 3.06. The molecule has 0 spiro atoms. The van der Waals surface area contributed by atoms with Gasteiger partial charge in [0.05, 0.1) is 0 Å². The molecule has 4 nitrogen and oxygen atoms in total. The van der Waals surface area contributed by atoms with Crippen molar-refractivity contribution in [3.63, 3.8) is 0 Å². The molecule has 19 heavy (non-hydrogen) atoms. The third kappa shape index (κ3) is 5.20. The fourth-order valence-corrected chi connectivity index (χ4v) is 1.55. The van der Waals surface area contributed by atoms with Gasteiger partial charge in [0.1, 0.15) is 0 Å². The fourth-order valence-electron chi connectivity index (χ4n) is 1.55. The molecule has 1 aromatic carbocycles. The summed E-state index contributed by atoms with van der Waals surface area (Å²) in [5.74, 6) is 0. The number of benzene rings is 1. The fraction of sp³-hybridized carbons (Fsp3) is 0.533. The number of anilines is 1. The number of carbonyl (C=O) groups excluding carboxylic acids is 1. The van der Waals surface area contributed by atoms with Crippen LogP contribution in [0.2, 0.25) is 0 Å². The number of nitrogens with one attached hydrogen (secondary N) is 2. The number of urea groups is 1. The van der Waals surface area contributed by atoms with Gasteiger partial charge in [0.15, 0.2) is 0 Å². The van der Waals surface area contributed by atoms with Gasteiger partial charge in [-0.25, -0.2) is 4.79 Å². The quantitative estimate of drug-likeness (QED) is 0.828. The van der Waals surface area contributed by atoms with Crippen molar-refractivity contribution < 1.29 is 4.79 Å². The summed E-state index contributed by atoms with van der Waals surface area (Å²) in [5.41, 5.74) is 2.23. The number of amides is 2. The number of hydrogen-bond donors (Lipinski definition) is 2. The average molecular weight is 263 g/mol. The molecule has 106 valence electrons. The Morgan fingerprint density at radius 3 is 2.42 bits per heavy atom. The Hall–Kier alpha value is -1.71. The highest BCUT2D eigenvalue weighted by atomic mass is 16.2. The van der Waals surface area contributed by atoms with E-state index in [0.29, 0.717) is 6.54 Å². The van der Waals surface area contributed by atoms with Crippen LogP contribution in [-0.4, -0.2) is 30.6 Å². The Morgan fingerprint density at radius 2 is 1.89 bits per heavy atom. The molecule has 0 aliphatic heterocycles. The minimum absolute atomic E-state index is 0.0387. The molecular weight excluding hydrogens is 238 g/mol. The number of hydrogen-bond acceptors (Lipinski definition) is 2. The van der Waals surface area contributed by atoms with Crippen LogP contribution < -0.4 is 10.6 Å². The molecule has 0 unspecified atom stereocenters. The van der Waals surface area contributed by atoms with E-state index < -0.39 is 0 Å². The molecule has 0 fully saturated rings. The lowest BCUT2D eigenvalue weighted by Gasteiger charge is -2.21. The van der Waals surface area contributed by atoms with E-state index in [1.165, 1.54) is 0 Å². The van der Waals surface area contributed by atoms with Crippen molar-refractivity contribution >= 4 is 11.7 Å². The second kappa shape index (κ2) is 7.67. The van der Waals surface area contributed by atoms with E-state index in [1.807, 2.05) is 38.1 Å². The largest absolute Gasteiger partial charge is 0.385 e. The zero-order valence-corrected chi connectivity index (χ0v) is 12.4. The van der Waals surface area contributed by atoms with Crippen LogP contribution in [0.4, 0.5) is 10.5 Å². The van der Waals surface area contributed by atoms with Crippen molar-refractivity contribution in [3.8, 4) is 0 Å². The van der Waals surface area contributed by atoms with Crippen molar-refractivity contribution in [3.05, 3.63) is 29.8 Å². The van der Waals surface area contributed by atoms with E-state index in [-0.39, 0.29) is 12.1 Å².